The molecule has 0 aliphatic rings. The van der Waals surface area contributed by atoms with Gasteiger partial charge >= 0.3 is 5.97 Å². The summed E-state index contributed by atoms with van der Waals surface area (Å²) in [6, 6.07) is 2.50. The summed E-state index contributed by atoms with van der Waals surface area (Å²) in [5.74, 6) is -0.292. The standard InChI is InChI=1S/C12H14Cl2N2O4/c1-15(5-3-4-11(17)20-2)12-9(13)6-8(16(18)19)7-10(12)14/h6-7H,3-5H2,1-2H3. The van der Waals surface area contributed by atoms with E-state index in [0.717, 1.165) is 0 Å². The van der Waals surface area contributed by atoms with Crippen LogP contribution in [0.5, 0.6) is 0 Å². The second kappa shape index (κ2) is 7.31. The van der Waals surface area contributed by atoms with Crippen LogP contribution < -0.4 is 4.90 Å². The third-order valence-electron chi connectivity index (χ3n) is 2.70. The highest BCUT2D eigenvalue weighted by Crippen LogP contribution is 2.36. The lowest BCUT2D eigenvalue weighted by molar-refractivity contribution is -0.384. The number of esters is 1. The van der Waals surface area contributed by atoms with E-state index in [9.17, 15) is 14.9 Å². The first-order valence-electron chi connectivity index (χ1n) is 5.78. The number of nitrogens with zero attached hydrogens (tertiary/aromatic N) is 2. The molecule has 0 saturated carbocycles. The topological polar surface area (TPSA) is 72.7 Å². The van der Waals surface area contributed by atoms with Crippen LogP contribution in [-0.2, 0) is 9.53 Å². The van der Waals surface area contributed by atoms with Gasteiger partial charge in [0, 0.05) is 32.1 Å². The van der Waals surface area contributed by atoms with Crippen LogP contribution in [0.2, 0.25) is 10.0 Å². The molecule has 0 amide bonds. The van der Waals surface area contributed by atoms with Crippen LogP contribution in [0.4, 0.5) is 11.4 Å². The van der Waals surface area contributed by atoms with Crippen molar-refractivity contribution in [3.63, 3.8) is 0 Å². The Bertz CT molecular complexity index is 499. The number of halogens is 2. The summed E-state index contributed by atoms with van der Waals surface area (Å²) in [4.78, 5) is 22.9. The number of ether oxygens (including phenoxy) is 1. The Hall–Kier alpha value is -1.53. The lowest BCUT2D eigenvalue weighted by Gasteiger charge is -2.21. The zero-order valence-corrected chi connectivity index (χ0v) is 12.6. The molecule has 0 aliphatic carbocycles. The van der Waals surface area contributed by atoms with Crippen LogP contribution in [0, 0.1) is 10.1 Å². The van der Waals surface area contributed by atoms with Gasteiger partial charge in [0.15, 0.2) is 0 Å². The number of methoxy groups -OCH3 is 1. The predicted molar refractivity (Wildman–Crippen MR) is 77.6 cm³/mol. The molecule has 0 bridgehead atoms. The van der Waals surface area contributed by atoms with Crippen molar-refractivity contribution in [2.24, 2.45) is 0 Å². The number of hydrogen-bond acceptors (Lipinski definition) is 5. The van der Waals surface area contributed by atoms with E-state index >= 15 is 0 Å². The Morgan fingerprint density at radius 3 is 2.40 bits per heavy atom. The Labute approximate surface area is 126 Å². The molecule has 0 unspecified atom stereocenters. The Kier molecular flexibility index (Phi) is 6.04. The number of hydrogen-bond donors (Lipinski definition) is 0. The first kappa shape index (κ1) is 16.5. The third-order valence-corrected chi connectivity index (χ3v) is 3.27. The number of carbonyl (C=O) groups excluding carboxylic acids is 1. The first-order chi connectivity index (χ1) is 9.36. The van der Waals surface area contributed by atoms with E-state index in [1.54, 1.807) is 11.9 Å². The van der Waals surface area contributed by atoms with Gasteiger partial charge in [-0.3, -0.25) is 14.9 Å². The van der Waals surface area contributed by atoms with Gasteiger partial charge in [0.25, 0.3) is 5.69 Å². The zero-order chi connectivity index (χ0) is 15.3. The van der Waals surface area contributed by atoms with Crippen LogP contribution in [-0.4, -0.2) is 31.6 Å². The van der Waals surface area contributed by atoms with Gasteiger partial charge in [-0.25, -0.2) is 0 Å². The quantitative estimate of drug-likeness (QED) is 0.457. The summed E-state index contributed by atoms with van der Waals surface area (Å²) in [6.45, 7) is 0.520. The highest BCUT2D eigenvalue weighted by atomic mass is 35.5. The minimum atomic E-state index is -0.557. The molecule has 0 aromatic heterocycles. The molecule has 0 fully saturated rings. The SMILES string of the molecule is COC(=O)CCCN(C)c1c(Cl)cc([N+](=O)[O-])cc1Cl. The summed E-state index contributed by atoms with van der Waals surface area (Å²) in [5.41, 5.74) is 0.343. The molecule has 0 atom stereocenters. The van der Waals surface area contributed by atoms with E-state index in [1.807, 2.05) is 0 Å². The molecule has 1 aromatic carbocycles. The summed E-state index contributed by atoms with van der Waals surface area (Å²) < 4.78 is 4.54. The van der Waals surface area contributed by atoms with Gasteiger partial charge in [0.2, 0.25) is 0 Å². The van der Waals surface area contributed by atoms with Gasteiger partial charge in [0.1, 0.15) is 0 Å². The molecule has 0 aliphatic heterocycles. The molecule has 0 heterocycles. The molecule has 1 aromatic rings. The van der Waals surface area contributed by atoms with Crippen molar-refractivity contribution in [1.82, 2.24) is 0 Å². The molecule has 1 rings (SSSR count). The molecular weight excluding hydrogens is 307 g/mol. The highest BCUT2D eigenvalue weighted by Gasteiger charge is 2.17. The van der Waals surface area contributed by atoms with Gasteiger partial charge in [-0.2, -0.15) is 0 Å². The minimum absolute atomic E-state index is 0.160. The smallest absolute Gasteiger partial charge is 0.305 e. The molecule has 0 N–H and O–H groups in total. The maximum absolute atomic E-state index is 11.0. The van der Waals surface area contributed by atoms with Crippen LogP contribution in [0.3, 0.4) is 0 Å². The van der Waals surface area contributed by atoms with Crippen LogP contribution in [0.25, 0.3) is 0 Å². The fourth-order valence-corrected chi connectivity index (χ4v) is 2.46. The van der Waals surface area contributed by atoms with Crippen LogP contribution in [0.15, 0.2) is 12.1 Å². The van der Waals surface area contributed by atoms with Crippen molar-refractivity contribution in [2.75, 3.05) is 25.6 Å². The van der Waals surface area contributed by atoms with E-state index in [0.29, 0.717) is 18.7 Å². The fourth-order valence-electron chi connectivity index (χ4n) is 1.70. The molecule has 6 nitrogen and oxygen atoms in total. The van der Waals surface area contributed by atoms with Gasteiger partial charge < -0.3 is 9.64 Å². The van der Waals surface area contributed by atoms with Crippen LogP contribution in [0.1, 0.15) is 12.8 Å². The van der Waals surface area contributed by atoms with Crippen molar-refractivity contribution in [3.05, 3.63) is 32.3 Å². The van der Waals surface area contributed by atoms with E-state index in [-0.39, 0.29) is 28.1 Å². The molecule has 0 spiro atoms. The summed E-state index contributed by atoms with van der Waals surface area (Å²) in [6.07, 6.45) is 0.843. The van der Waals surface area contributed by atoms with Gasteiger partial charge in [-0.05, 0) is 6.42 Å². The number of rotatable bonds is 6. The Morgan fingerprint density at radius 1 is 1.40 bits per heavy atom. The minimum Gasteiger partial charge on any atom is -0.469 e. The monoisotopic (exact) mass is 320 g/mol. The normalized spacial score (nSPS) is 10.2. The number of benzene rings is 1. The molecule has 20 heavy (non-hydrogen) atoms. The lowest BCUT2D eigenvalue weighted by Crippen LogP contribution is -2.20. The van der Waals surface area contributed by atoms with E-state index < -0.39 is 4.92 Å². The van der Waals surface area contributed by atoms with Crippen LogP contribution >= 0.6 is 23.2 Å². The van der Waals surface area contributed by atoms with E-state index in [4.69, 9.17) is 23.2 Å². The van der Waals surface area contributed by atoms with Gasteiger partial charge in [0.05, 0.1) is 27.8 Å². The average Bonchev–Trinajstić information content (AvgIpc) is 2.37. The van der Waals surface area contributed by atoms with Gasteiger partial charge in [-0.15, -0.1) is 0 Å². The summed E-state index contributed by atoms with van der Waals surface area (Å²) >= 11 is 12.0. The molecule has 0 saturated heterocycles. The molecule has 8 heteroatoms. The summed E-state index contributed by atoms with van der Waals surface area (Å²) in [7, 11) is 3.08. The second-order valence-electron chi connectivity index (χ2n) is 4.12. The Morgan fingerprint density at radius 2 is 1.95 bits per heavy atom. The third kappa shape index (κ3) is 4.25. The number of nitro benzene ring substituents is 1. The van der Waals surface area contributed by atoms with Gasteiger partial charge in [-0.1, -0.05) is 23.2 Å². The molecular formula is C12H14Cl2N2O4. The first-order valence-corrected chi connectivity index (χ1v) is 6.53. The Balaban J connectivity index is 2.80. The van der Waals surface area contributed by atoms with Crippen molar-refractivity contribution in [1.29, 1.82) is 0 Å². The van der Waals surface area contributed by atoms with Crippen molar-refractivity contribution in [2.45, 2.75) is 12.8 Å². The summed E-state index contributed by atoms with van der Waals surface area (Å²) in [5, 5.41) is 11.1. The number of non-ortho nitro benzene ring substituents is 1. The number of anilines is 1. The zero-order valence-electron chi connectivity index (χ0n) is 11.1. The number of nitro groups is 1. The highest BCUT2D eigenvalue weighted by molar-refractivity contribution is 6.39. The fraction of sp³-hybridized carbons (Fsp3) is 0.417. The second-order valence-corrected chi connectivity index (χ2v) is 4.93. The van der Waals surface area contributed by atoms with Crippen molar-refractivity contribution in [3.8, 4) is 0 Å². The largest absolute Gasteiger partial charge is 0.469 e. The van der Waals surface area contributed by atoms with Crippen molar-refractivity contribution < 1.29 is 14.5 Å². The number of carbonyl (C=O) groups is 1. The average molecular weight is 321 g/mol. The molecule has 110 valence electrons. The lowest BCUT2D eigenvalue weighted by atomic mass is 10.2. The maximum Gasteiger partial charge on any atom is 0.305 e. The van der Waals surface area contributed by atoms with E-state index in [2.05, 4.69) is 4.74 Å². The van der Waals surface area contributed by atoms with Crippen molar-refractivity contribution >= 4 is 40.5 Å². The molecule has 0 radical (unpaired) electrons. The predicted octanol–water partition coefficient (Wildman–Crippen LogP) is 3.29. The van der Waals surface area contributed by atoms with E-state index in [1.165, 1.54) is 19.2 Å². The maximum atomic E-state index is 11.0.